The van der Waals surface area contributed by atoms with Gasteiger partial charge in [0.15, 0.2) is 0 Å². The van der Waals surface area contributed by atoms with E-state index in [2.05, 4.69) is 17.6 Å². The Kier molecular flexibility index (Phi) is 6.42. The van der Waals surface area contributed by atoms with Crippen LogP contribution in [0.15, 0.2) is 0 Å². The molecule has 4 heteroatoms. The van der Waals surface area contributed by atoms with Crippen molar-refractivity contribution in [2.45, 2.75) is 51.7 Å². The van der Waals surface area contributed by atoms with Gasteiger partial charge in [0.1, 0.15) is 0 Å². The van der Waals surface area contributed by atoms with Crippen LogP contribution in [0.1, 0.15) is 39.5 Å². The molecule has 0 bridgehead atoms. The van der Waals surface area contributed by atoms with Crippen LogP contribution in [0, 0.1) is 0 Å². The first-order valence-electron chi connectivity index (χ1n) is 6.34. The van der Waals surface area contributed by atoms with E-state index in [1.165, 1.54) is 6.42 Å². The van der Waals surface area contributed by atoms with Crippen molar-refractivity contribution < 1.29 is 9.53 Å². The molecule has 1 saturated heterocycles. The molecular weight excluding hydrogens is 204 g/mol. The molecule has 16 heavy (non-hydrogen) atoms. The standard InChI is InChI=1S/C12H24N2O2/c1-3-6-13-12(15)9-14-10(2)8-11-5-4-7-16-11/h10-11,14H,3-9H2,1-2H3,(H,13,15). The van der Waals surface area contributed by atoms with E-state index >= 15 is 0 Å². The molecule has 0 radical (unpaired) electrons. The van der Waals surface area contributed by atoms with Crippen molar-refractivity contribution in [1.82, 2.24) is 10.6 Å². The second-order valence-corrected chi connectivity index (χ2v) is 4.50. The van der Waals surface area contributed by atoms with Crippen LogP contribution in [0.5, 0.6) is 0 Å². The van der Waals surface area contributed by atoms with Gasteiger partial charge in [-0.1, -0.05) is 6.92 Å². The molecule has 2 N–H and O–H groups in total. The lowest BCUT2D eigenvalue weighted by Crippen LogP contribution is -2.39. The van der Waals surface area contributed by atoms with E-state index in [4.69, 9.17) is 4.74 Å². The summed E-state index contributed by atoms with van der Waals surface area (Å²) in [5, 5.41) is 6.07. The van der Waals surface area contributed by atoms with E-state index in [1.54, 1.807) is 0 Å². The summed E-state index contributed by atoms with van der Waals surface area (Å²) in [5.74, 6) is 0.0843. The van der Waals surface area contributed by atoms with Gasteiger partial charge in [-0.05, 0) is 32.6 Å². The van der Waals surface area contributed by atoms with E-state index in [0.717, 1.165) is 32.4 Å². The monoisotopic (exact) mass is 228 g/mol. The summed E-state index contributed by atoms with van der Waals surface area (Å²) in [7, 11) is 0. The predicted molar refractivity (Wildman–Crippen MR) is 64.4 cm³/mol. The fraction of sp³-hybridized carbons (Fsp3) is 0.917. The normalized spacial score (nSPS) is 22.0. The molecule has 2 atom stereocenters. The van der Waals surface area contributed by atoms with Gasteiger partial charge in [0.25, 0.3) is 0 Å². The Hall–Kier alpha value is -0.610. The Balaban J connectivity index is 2.04. The number of amides is 1. The second kappa shape index (κ2) is 7.63. The van der Waals surface area contributed by atoms with Crippen LogP contribution in [0.25, 0.3) is 0 Å². The molecule has 0 aliphatic carbocycles. The average Bonchev–Trinajstić information content (AvgIpc) is 2.76. The van der Waals surface area contributed by atoms with Gasteiger partial charge < -0.3 is 15.4 Å². The fourth-order valence-electron chi connectivity index (χ4n) is 1.90. The minimum atomic E-state index is 0.0843. The van der Waals surface area contributed by atoms with Crippen molar-refractivity contribution >= 4 is 5.91 Å². The highest BCUT2D eigenvalue weighted by atomic mass is 16.5. The van der Waals surface area contributed by atoms with Gasteiger partial charge in [0.2, 0.25) is 5.91 Å². The minimum absolute atomic E-state index is 0.0843. The summed E-state index contributed by atoms with van der Waals surface area (Å²) >= 11 is 0. The van der Waals surface area contributed by atoms with E-state index in [-0.39, 0.29) is 5.91 Å². The lowest BCUT2D eigenvalue weighted by atomic mass is 10.1. The van der Waals surface area contributed by atoms with Crippen LogP contribution in [-0.4, -0.2) is 37.7 Å². The highest BCUT2D eigenvalue weighted by Crippen LogP contribution is 2.16. The van der Waals surface area contributed by atoms with E-state index < -0.39 is 0 Å². The molecular formula is C12H24N2O2. The maximum absolute atomic E-state index is 11.3. The number of carbonyl (C=O) groups excluding carboxylic acids is 1. The number of nitrogens with one attached hydrogen (secondary N) is 2. The predicted octanol–water partition coefficient (Wildman–Crippen LogP) is 1.06. The lowest BCUT2D eigenvalue weighted by Gasteiger charge is -2.17. The molecule has 4 nitrogen and oxygen atoms in total. The molecule has 0 aromatic rings. The molecule has 1 aliphatic rings. The molecule has 1 aliphatic heterocycles. The highest BCUT2D eigenvalue weighted by Gasteiger charge is 2.18. The summed E-state index contributed by atoms with van der Waals surface area (Å²) in [6, 6.07) is 0.343. The Bertz CT molecular complexity index is 203. The molecule has 1 fully saturated rings. The quantitative estimate of drug-likeness (QED) is 0.685. The van der Waals surface area contributed by atoms with Crippen LogP contribution in [0.3, 0.4) is 0 Å². The maximum atomic E-state index is 11.3. The first-order chi connectivity index (χ1) is 7.72. The van der Waals surface area contributed by atoms with Crippen molar-refractivity contribution in [2.24, 2.45) is 0 Å². The Morgan fingerprint density at radius 2 is 2.38 bits per heavy atom. The summed E-state index contributed by atoms with van der Waals surface area (Å²) in [4.78, 5) is 11.3. The Labute approximate surface area is 98.1 Å². The first kappa shape index (κ1) is 13.5. The smallest absolute Gasteiger partial charge is 0.233 e. The van der Waals surface area contributed by atoms with Gasteiger partial charge in [-0.15, -0.1) is 0 Å². The van der Waals surface area contributed by atoms with Crippen molar-refractivity contribution in [2.75, 3.05) is 19.7 Å². The van der Waals surface area contributed by atoms with Crippen LogP contribution in [-0.2, 0) is 9.53 Å². The van der Waals surface area contributed by atoms with Crippen molar-refractivity contribution in [3.8, 4) is 0 Å². The van der Waals surface area contributed by atoms with Gasteiger partial charge in [0, 0.05) is 19.2 Å². The zero-order valence-electron chi connectivity index (χ0n) is 10.4. The van der Waals surface area contributed by atoms with E-state index in [1.807, 2.05) is 6.92 Å². The number of rotatable bonds is 7. The van der Waals surface area contributed by atoms with Gasteiger partial charge in [-0.2, -0.15) is 0 Å². The first-order valence-corrected chi connectivity index (χ1v) is 6.34. The number of ether oxygens (including phenoxy) is 1. The Morgan fingerprint density at radius 3 is 3.00 bits per heavy atom. The van der Waals surface area contributed by atoms with Crippen LogP contribution >= 0.6 is 0 Å². The zero-order chi connectivity index (χ0) is 11.8. The van der Waals surface area contributed by atoms with Crippen molar-refractivity contribution in [1.29, 1.82) is 0 Å². The van der Waals surface area contributed by atoms with Crippen molar-refractivity contribution in [3.05, 3.63) is 0 Å². The number of hydrogen-bond acceptors (Lipinski definition) is 3. The van der Waals surface area contributed by atoms with Gasteiger partial charge in [-0.3, -0.25) is 4.79 Å². The average molecular weight is 228 g/mol. The van der Waals surface area contributed by atoms with E-state index in [0.29, 0.717) is 18.7 Å². The van der Waals surface area contributed by atoms with E-state index in [9.17, 15) is 4.79 Å². The van der Waals surface area contributed by atoms with Crippen LogP contribution in [0.2, 0.25) is 0 Å². The maximum Gasteiger partial charge on any atom is 0.233 e. The van der Waals surface area contributed by atoms with Crippen molar-refractivity contribution in [3.63, 3.8) is 0 Å². The number of hydrogen-bond donors (Lipinski definition) is 2. The molecule has 0 spiro atoms. The van der Waals surface area contributed by atoms with Crippen LogP contribution in [0.4, 0.5) is 0 Å². The molecule has 1 rings (SSSR count). The molecule has 0 aromatic heterocycles. The molecule has 1 heterocycles. The van der Waals surface area contributed by atoms with Crippen LogP contribution < -0.4 is 10.6 Å². The minimum Gasteiger partial charge on any atom is -0.378 e. The van der Waals surface area contributed by atoms with Gasteiger partial charge >= 0.3 is 0 Å². The molecule has 2 unspecified atom stereocenters. The number of carbonyl (C=O) groups is 1. The SMILES string of the molecule is CCCNC(=O)CNC(C)CC1CCCO1. The highest BCUT2D eigenvalue weighted by molar-refractivity contribution is 5.77. The zero-order valence-corrected chi connectivity index (χ0v) is 10.4. The molecule has 94 valence electrons. The Morgan fingerprint density at radius 1 is 1.56 bits per heavy atom. The third-order valence-electron chi connectivity index (χ3n) is 2.82. The molecule has 0 aromatic carbocycles. The molecule has 1 amide bonds. The largest absolute Gasteiger partial charge is 0.378 e. The van der Waals surface area contributed by atoms with Gasteiger partial charge in [-0.25, -0.2) is 0 Å². The summed E-state index contributed by atoms with van der Waals surface area (Å²) in [5.41, 5.74) is 0. The second-order valence-electron chi connectivity index (χ2n) is 4.50. The summed E-state index contributed by atoms with van der Waals surface area (Å²) in [6.07, 6.45) is 4.71. The topological polar surface area (TPSA) is 50.4 Å². The van der Waals surface area contributed by atoms with Gasteiger partial charge in [0.05, 0.1) is 12.6 Å². The summed E-state index contributed by atoms with van der Waals surface area (Å²) < 4.78 is 5.55. The molecule has 0 saturated carbocycles. The fourth-order valence-corrected chi connectivity index (χ4v) is 1.90. The third-order valence-corrected chi connectivity index (χ3v) is 2.82. The summed E-state index contributed by atoms with van der Waals surface area (Å²) in [6.45, 7) is 6.23. The lowest BCUT2D eigenvalue weighted by molar-refractivity contribution is -0.120. The third kappa shape index (κ3) is 5.47.